The first-order valence-electron chi connectivity index (χ1n) is 6.04. The summed E-state index contributed by atoms with van der Waals surface area (Å²) in [6.45, 7) is 0.683. The molecule has 0 saturated heterocycles. The first-order chi connectivity index (χ1) is 8.16. The van der Waals surface area contributed by atoms with Crippen molar-refractivity contribution in [1.82, 2.24) is 0 Å². The second-order valence-corrected chi connectivity index (χ2v) is 5.47. The van der Waals surface area contributed by atoms with Crippen molar-refractivity contribution in [3.63, 3.8) is 0 Å². The molecule has 0 unspecified atom stereocenters. The summed E-state index contributed by atoms with van der Waals surface area (Å²) in [6.07, 6.45) is 6.36. The molecule has 0 bridgehead atoms. The van der Waals surface area contributed by atoms with Crippen molar-refractivity contribution in [2.75, 3.05) is 12.3 Å². The van der Waals surface area contributed by atoms with Gasteiger partial charge in [0, 0.05) is 6.07 Å². The summed E-state index contributed by atoms with van der Waals surface area (Å²) in [5, 5.41) is 0. The van der Waals surface area contributed by atoms with Crippen LogP contribution in [0.25, 0.3) is 0 Å². The largest absolute Gasteiger partial charge is 0.491 e. The fourth-order valence-electron chi connectivity index (χ4n) is 2.23. The van der Waals surface area contributed by atoms with Crippen LogP contribution in [0, 0.1) is 11.7 Å². The van der Waals surface area contributed by atoms with E-state index in [1.54, 1.807) is 6.07 Å². The molecule has 2 rings (SSSR count). The van der Waals surface area contributed by atoms with Gasteiger partial charge in [0.25, 0.3) is 0 Å². The molecule has 1 aliphatic rings. The highest BCUT2D eigenvalue weighted by atomic mass is 79.9. The van der Waals surface area contributed by atoms with Crippen molar-refractivity contribution in [2.24, 2.45) is 5.92 Å². The Morgan fingerprint density at radius 1 is 1.29 bits per heavy atom. The fraction of sp³-hybridized carbons (Fsp3) is 0.538. The van der Waals surface area contributed by atoms with Gasteiger partial charge in [-0.3, -0.25) is 0 Å². The predicted molar refractivity (Wildman–Crippen MR) is 70.6 cm³/mol. The summed E-state index contributed by atoms with van der Waals surface area (Å²) < 4.78 is 19.3. The molecular weight excluding hydrogens is 285 g/mol. The number of halogens is 2. The normalized spacial score (nSPS) is 17.1. The molecule has 0 spiro atoms. The third-order valence-electron chi connectivity index (χ3n) is 3.25. The van der Waals surface area contributed by atoms with E-state index in [4.69, 9.17) is 10.5 Å². The molecule has 17 heavy (non-hydrogen) atoms. The van der Waals surface area contributed by atoms with Crippen molar-refractivity contribution < 1.29 is 9.13 Å². The monoisotopic (exact) mass is 301 g/mol. The lowest BCUT2D eigenvalue weighted by atomic mass is 9.90. The summed E-state index contributed by atoms with van der Waals surface area (Å²) in [4.78, 5) is 0. The quantitative estimate of drug-likeness (QED) is 0.852. The summed E-state index contributed by atoms with van der Waals surface area (Å²) in [5.41, 5.74) is 6.08. The van der Waals surface area contributed by atoms with E-state index >= 15 is 0 Å². The number of ether oxygens (including phenoxy) is 1. The highest BCUT2D eigenvalue weighted by Gasteiger charge is 2.15. The molecule has 2 nitrogen and oxygen atoms in total. The topological polar surface area (TPSA) is 35.2 Å². The van der Waals surface area contributed by atoms with Crippen molar-refractivity contribution >= 4 is 21.6 Å². The first kappa shape index (κ1) is 12.7. The van der Waals surface area contributed by atoms with E-state index in [0.717, 1.165) is 0 Å². The van der Waals surface area contributed by atoms with E-state index in [1.165, 1.54) is 38.2 Å². The van der Waals surface area contributed by atoms with Gasteiger partial charge in [-0.1, -0.05) is 19.3 Å². The van der Waals surface area contributed by atoms with Gasteiger partial charge in [0.05, 0.1) is 16.8 Å². The molecule has 0 heterocycles. The van der Waals surface area contributed by atoms with E-state index in [2.05, 4.69) is 15.9 Å². The molecule has 2 N–H and O–H groups in total. The van der Waals surface area contributed by atoms with E-state index in [9.17, 15) is 4.39 Å². The summed E-state index contributed by atoms with van der Waals surface area (Å²) >= 11 is 3.14. The van der Waals surface area contributed by atoms with Gasteiger partial charge in [-0.25, -0.2) is 4.39 Å². The van der Waals surface area contributed by atoms with Gasteiger partial charge >= 0.3 is 0 Å². The summed E-state index contributed by atoms with van der Waals surface area (Å²) in [7, 11) is 0. The molecule has 0 aromatic heterocycles. The number of nitrogen functional groups attached to an aromatic ring is 1. The Balaban J connectivity index is 1.96. The van der Waals surface area contributed by atoms with Crippen LogP contribution in [-0.2, 0) is 0 Å². The van der Waals surface area contributed by atoms with Crippen LogP contribution < -0.4 is 10.5 Å². The fourth-order valence-corrected chi connectivity index (χ4v) is 2.55. The zero-order chi connectivity index (χ0) is 12.3. The molecule has 1 aromatic rings. The standard InChI is InChI=1S/C13H17BrFNO/c14-10-6-13(12(16)7-11(10)15)17-8-9-4-2-1-3-5-9/h6-7,9H,1-5,8,16H2. The van der Waals surface area contributed by atoms with E-state index in [1.807, 2.05) is 0 Å². The number of benzene rings is 1. The van der Waals surface area contributed by atoms with Crippen LogP contribution in [0.1, 0.15) is 32.1 Å². The lowest BCUT2D eigenvalue weighted by molar-refractivity contribution is 0.209. The molecular formula is C13H17BrFNO. The minimum atomic E-state index is -0.354. The lowest BCUT2D eigenvalue weighted by Gasteiger charge is -2.22. The van der Waals surface area contributed by atoms with Crippen molar-refractivity contribution in [1.29, 1.82) is 0 Å². The van der Waals surface area contributed by atoms with Crippen LogP contribution in [0.4, 0.5) is 10.1 Å². The Bertz CT molecular complexity index is 391. The van der Waals surface area contributed by atoms with Gasteiger partial charge < -0.3 is 10.5 Å². The minimum Gasteiger partial charge on any atom is -0.491 e. The highest BCUT2D eigenvalue weighted by Crippen LogP contribution is 2.30. The molecule has 1 aromatic carbocycles. The zero-order valence-corrected chi connectivity index (χ0v) is 11.3. The number of rotatable bonds is 3. The van der Waals surface area contributed by atoms with Crippen LogP contribution in [0.5, 0.6) is 5.75 Å². The smallest absolute Gasteiger partial charge is 0.143 e. The van der Waals surface area contributed by atoms with Crippen LogP contribution >= 0.6 is 15.9 Å². The van der Waals surface area contributed by atoms with Crippen molar-refractivity contribution in [2.45, 2.75) is 32.1 Å². The van der Waals surface area contributed by atoms with Crippen molar-refractivity contribution in [3.05, 3.63) is 22.4 Å². The van der Waals surface area contributed by atoms with E-state index in [0.29, 0.717) is 28.4 Å². The zero-order valence-electron chi connectivity index (χ0n) is 9.72. The van der Waals surface area contributed by atoms with Crippen molar-refractivity contribution in [3.8, 4) is 5.75 Å². The maximum Gasteiger partial charge on any atom is 0.143 e. The first-order valence-corrected chi connectivity index (χ1v) is 6.83. The highest BCUT2D eigenvalue weighted by molar-refractivity contribution is 9.10. The van der Waals surface area contributed by atoms with Crippen LogP contribution in [-0.4, -0.2) is 6.61 Å². The average Bonchev–Trinajstić information content (AvgIpc) is 2.33. The number of hydrogen-bond acceptors (Lipinski definition) is 2. The Labute approximate surface area is 109 Å². The summed E-state index contributed by atoms with van der Waals surface area (Å²) in [5.74, 6) is 0.836. The Morgan fingerprint density at radius 3 is 2.71 bits per heavy atom. The van der Waals surface area contributed by atoms with Gasteiger partial charge in [0.1, 0.15) is 11.6 Å². The van der Waals surface area contributed by atoms with Gasteiger partial charge in [0.2, 0.25) is 0 Å². The predicted octanol–water partition coefficient (Wildman–Crippen LogP) is 4.13. The van der Waals surface area contributed by atoms with Crippen LogP contribution in [0.2, 0.25) is 0 Å². The maximum absolute atomic E-state index is 13.2. The van der Waals surface area contributed by atoms with Gasteiger partial charge in [-0.05, 0) is 40.8 Å². The van der Waals surface area contributed by atoms with Gasteiger partial charge in [0.15, 0.2) is 0 Å². The van der Waals surface area contributed by atoms with E-state index in [-0.39, 0.29) is 5.82 Å². The minimum absolute atomic E-state index is 0.354. The SMILES string of the molecule is Nc1cc(F)c(Br)cc1OCC1CCCCC1. The molecule has 1 saturated carbocycles. The number of hydrogen-bond donors (Lipinski definition) is 1. The lowest BCUT2D eigenvalue weighted by Crippen LogP contribution is -2.15. The third kappa shape index (κ3) is 3.35. The molecule has 1 aliphatic carbocycles. The Morgan fingerprint density at radius 2 is 2.00 bits per heavy atom. The second kappa shape index (κ2) is 5.71. The van der Waals surface area contributed by atoms with Gasteiger partial charge in [-0.2, -0.15) is 0 Å². The molecule has 0 atom stereocenters. The van der Waals surface area contributed by atoms with Crippen LogP contribution in [0.3, 0.4) is 0 Å². The molecule has 0 radical (unpaired) electrons. The molecule has 0 aliphatic heterocycles. The molecule has 94 valence electrons. The summed E-state index contributed by atoms with van der Waals surface area (Å²) in [6, 6.07) is 2.90. The average molecular weight is 302 g/mol. The third-order valence-corrected chi connectivity index (χ3v) is 3.86. The maximum atomic E-state index is 13.2. The number of nitrogens with two attached hydrogens (primary N) is 1. The molecule has 4 heteroatoms. The van der Waals surface area contributed by atoms with E-state index < -0.39 is 0 Å². The molecule has 0 amide bonds. The van der Waals surface area contributed by atoms with Gasteiger partial charge in [-0.15, -0.1) is 0 Å². The Hall–Kier alpha value is -0.770. The Kier molecular flexibility index (Phi) is 4.26. The second-order valence-electron chi connectivity index (χ2n) is 4.62. The van der Waals surface area contributed by atoms with Crippen LogP contribution in [0.15, 0.2) is 16.6 Å². The number of anilines is 1. The molecule has 1 fully saturated rings.